The molecule has 0 saturated heterocycles. The second kappa shape index (κ2) is 4.80. The number of hydrogen-bond acceptors (Lipinski definition) is 2. The first kappa shape index (κ1) is 14.9. The van der Waals surface area contributed by atoms with Crippen LogP contribution in [-0.4, -0.2) is 17.7 Å². The SMILES string of the molecule is CC(C)(C)OC(=O)N1c2ccccc2CC1C(C)(C)C. The van der Waals surface area contributed by atoms with Gasteiger partial charge in [-0.15, -0.1) is 0 Å². The summed E-state index contributed by atoms with van der Waals surface area (Å²) in [6, 6.07) is 8.23. The molecular weight excluding hydrogens is 250 g/mol. The van der Waals surface area contributed by atoms with Crippen LogP contribution in [0, 0.1) is 5.41 Å². The maximum absolute atomic E-state index is 12.6. The normalized spacial score (nSPS) is 18.9. The summed E-state index contributed by atoms with van der Waals surface area (Å²) in [5.41, 5.74) is 1.74. The molecule has 1 atom stereocenters. The van der Waals surface area contributed by atoms with Crippen LogP contribution in [0.4, 0.5) is 10.5 Å². The van der Waals surface area contributed by atoms with Crippen molar-refractivity contribution in [3.63, 3.8) is 0 Å². The standard InChI is InChI=1S/C17H25NO2/c1-16(2,3)14-11-12-9-7-8-10-13(12)18(14)15(19)20-17(4,5)6/h7-10,14H,11H2,1-6H3. The summed E-state index contributed by atoms with van der Waals surface area (Å²) in [6.45, 7) is 12.2. The number of carbonyl (C=O) groups is 1. The second-order valence-corrected chi connectivity index (χ2v) is 7.57. The highest BCUT2D eigenvalue weighted by atomic mass is 16.6. The fourth-order valence-corrected chi connectivity index (χ4v) is 2.62. The zero-order valence-corrected chi connectivity index (χ0v) is 13.4. The molecule has 1 amide bonds. The van der Waals surface area contributed by atoms with Crippen molar-refractivity contribution in [3.8, 4) is 0 Å². The molecule has 0 N–H and O–H groups in total. The van der Waals surface area contributed by atoms with Crippen LogP contribution in [0.15, 0.2) is 24.3 Å². The van der Waals surface area contributed by atoms with Crippen LogP contribution in [0.25, 0.3) is 0 Å². The molecule has 1 aromatic carbocycles. The lowest BCUT2D eigenvalue weighted by Gasteiger charge is -2.36. The highest BCUT2D eigenvalue weighted by Gasteiger charge is 2.42. The van der Waals surface area contributed by atoms with Crippen molar-refractivity contribution in [2.75, 3.05) is 4.90 Å². The van der Waals surface area contributed by atoms with Crippen LogP contribution in [0.1, 0.15) is 47.1 Å². The maximum Gasteiger partial charge on any atom is 0.415 e. The average Bonchev–Trinajstić information content (AvgIpc) is 2.65. The highest BCUT2D eigenvalue weighted by Crippen LogP contribution is 2.40. The Morgan fingerprint density at radius 1 is 1.15 bits per heavy atom. The number of nitrogens with zero attached hydrogens (tertiary/aromatic N) is 1. The number of hydrogen-bond donors (Lipinski definition) is 0. The Kier molecular flexibility index (Phi) is 3.57. The van der Waals surface area contributed by atoms with Crippen LogP contribution >= 0.6 is 0 Å². The number of carbonyl (C=O) groups excluding carboxylic acids is 1. The zero-order valence-electron chi connectivity index (χ0n) is 13.4. The van der Waals surface area contributed by atoms with Crippen LogP contribution < -0.4 is 4.90 Å². The molecular formula is C17H25NO2. The predicted octanol–water partition coefficient (Wildman–Crippen LogP) is 4.40. The molecule has 0 spiro atoms. The molecule has 1 unspecified atom stereocenters. The van der Waals surface area contributed by atoms with Crippen molar-refractivity contribution >= 4 is 11.8 Å². The third-order valence-electron chi connectivity index (χ3n) is 3.57. The van der Waals surface area contributed by atoms with Gasteiger partial charge in [0.1, 0.15) is 5.60 Å². The van der Waals surface area contributed by atoms with E-state index in [1.54, 1.807) is 0 Å². The number of para-hydroxylation sites is 1. The molecule has 1 heterocycles. The first-order valence-corrected chi connectivity index (χ1v) is 7.20. The summed E-state index contributed by atoms with van der Waals surface area (Å²) < 4.78 is 5.59. The van der Waals surface area contributed by atoms with Crippen molar-refractivity contribution in [3.05, 3.63) is 29.8 Å². The number of amides is 1. The third kappa shape index (κ3) is 2.97. The van der Waals surface area contributed by atoms with E-state index in [0.29, 0.717) is 0 Å². The molecule has 1 aliphatic heterocycles. The summed E-state index contributed by atoms with van der Waals surface area (Å²) in [4.78, 5) is 14.4. The predicted molar refractivity (Wildman–Crippen MR) is 82.1 cm³/mol. The molecule has 1 aliphatic rings. The minimum Gasteiger partial charge on any atom is -0.443 e. The van der Waals surface area contributed by atoms with Gasteiger partial charge in [0, 0.05) is 6.04 Å². The number of ether oxygens (including phenoxy) is 1. The van der Waals surface area contributed by atoms with E-state index < -0.39 is 5.60 Å². The van der Waals surface area contributed by atoms with Gasteiger partial charge in [-0.25, -0.2) is 4.79 Å². The summed E-state index contributed by atoms with van der Waals surface area (Å²) >= 11 is 0. The van der Waals surface area contributed by atoms with Gasteiger partial charge < -0.3 is 4.74 Å². The molecule has 0 radical (unpaired) electrons. The number of anilines is 1. The lowest BCUT2D eigenvalue weighted by atomic mass is 9.84. The minimum atomic E-state index is -0.475. The quantitative estimate of drug-likeness (QED) is 0.702. The number of rotatable bonds is 0. The van der Waals surface area contributed by atoms with E-state index >= 15 is 0 Å². The van der Waals surface area contributed by atoms with E-state index in [1.165, 1.54) is 5.56 Å². The molecule has 110 valence electrons. The zero-order chi connectivity index (χ0) is 15.1. The lowest BCUT2D eigenvalue weighted by molar-refractivity contribution is 0.0546. The van der Waals surface area contributed by atoms with Gasteiger partial charge in [-0.2, -0.15) is 0 Å². The molecule has 0 aliphatic carbocycles. The monoisotopic (exact) mass is 275 g/mol. The summed E-state index contributed by atoms with van der Waals surface area (Å²) in [6.07, 6.45) is 0.640. The molecule has 1 aromatic rings. The molecule has 0 fully saturated rings. The van der Waals surface area contributed by atoms with Gasteiger partial charge in [0.05, 0.1) is 5.69 Å². The van der Waals surface area contributed by atoms with Crippen molar-refractivity contribution in [1.29, 1.82) is 0 Å². The maximum atomic E-state index is 12.6. The molecule has 0 saturated carbocycles. The van der Waals surface area contributed by atoms with E-state index in [1.807, 2.05) is 43.9 Å². The van der Waals surface area contributed by atoms with E-state index in [9.17, 15) is 4.79 Å². The van der Waals surface area contributed by atoms with E-state index in [2.05, 4.69) is 26.8 Å². The molecule has 0 bridgehead atoms. The highest BCUT2D eigenvalue weighted by molar-refractivity contribution is 5.91. The third-order valence-corrected chi connectivity index (χ3v) is 3.57. The van der Waals surface area contributed by atoms with Gasteiger partial charge >= 0.3 is 6.09 Å². The molecule has 3 heteroatoms. The van der Waals surface area contributed by atoms with Gasteiger partial charge in [0.2, 0.25) is 0 Å². The van der Waals surface area contributed by atoms with E-state index in [4.69, 9.17) is 4.74 Å². The van der Waals surface area contributed by atoms with Crippen molar-refractivity contribution < 1.29 is 9.53 Å². The summed E-state index contributed by atoms with van der Waals surface area (Å²) in [5.74, 6) is 0. The van der Waals surface area contributed by atoms with Gasteiger partial charge in [0.15, 0.2) is 0 Å². The van der Waals surface area contributed by atoms with Crippen molar-refractivity contribution in [2.24, 2.45) is 5.41 Å². The Hall–Kier alpha value is -1.51. The lowest BCUT2D eigenvalue weighted by Crippen LogP contribution is -2.47. The fourth-order valence-electron chi connectivity index (χ4n) is 2.62. The van der Waals surface area contributed by atoms with Crippen LogP contribution in [0.2, 0.25) is 0 Å². The Bertz CT molecular complexity index is 508. The Morgan fingerprint density at radius 3 is 2.30 bits per heavy atom. The Labute approximate surface area is 121 Å². The molecule has 3 nitrogen and oxygen atoms in total. The van der Waals surface area contributed by atoms with Crippen molar-refractivity contribution in [2.45, 2.75) is 59.6 Å². The first-order chi connectivity index (χ1) is 9.09. The number of benzene rings is 1. The summed E-state index contributed by atoms with van der Waals surface area (Å²) in [5, 5.41) is 0. The van der Waals surface area contributed by atoms with Gasteiger partial charge in [-0.3, -0.25) is 4.90 Å². The number of fused-ring (bicyclic) bond motifs is 1. The minimum absolute atomic E-state index is 0.00985. The van der Waals surface area contributed by atoms with Gasteiger partial charge in [-0.05, 0) is 44.2 Å². The average molecular weight is 275 g/mol. The molecule has 20 heavy (non-hydrogen) atoms. The van der Waals surface area contributed by atoms with E-state index in [-0.39, 0.29) is 17.6 Å². The topological polar surface area (TPSA) is 29.5 Å². The smallest absolute Gasteiger partial charge is 0.415 e. The van der Waals surface area contributed by atoms with Crippen LogP contribution in [0.3, 0.4) is 0 Å². The van der Waals surface area contributed by atoms with Crippen LogP contribution in [-0.2, 0) is 11.2 Å². The van der Waals surface area contributed by atoms with Gasteiger partial charge in [0.25, 0.3) is 0 Å². The van der Waals surface area contributed by atoms with Crippen LogP contribution in [0.5, 0.6) is 0 Å². The van der Waals surface area contributed by atoms with Gasteiger partial charge in [-0.1, -0.05) is 39.0 Å². The van der Waals surface area contributed by atoms with Crippen molar-refractivity contribution in [1.82, 2.24) is 0 Å². The largest absolute Gasteiger partial charge is 0.443 e. The Balaban J connectivity index is 2.37. The fraction of sp³-hybridized carbons (Fsp3) is 0.588. The second-order valence-electron chi connectivity index (χ2n) is 7.57. The molecule has 0 aromatic heterocycles. The Morgan fingerprint density at radius 2 is 1.75 bits per heavy atom. The van der Waals surface area contributed by atoms with E-state index in [0.717, 1.165) is 12.1 Å². The molecule has 2 rings (SSSR count). The summed E-state index contributed by atoms with van der Waals surface area (Å²) in [7, 11) is 0. The first-order valence-electron chi connectivity index (χ1n) is 7.20.